The number of nitrogens with zero attached hydrogens (tertiary/aromatic N) is 1. The lowest BCUT2D eigenvalue weighted by Crippen LogP contribution is -2.41. The Hall–Kier alpha value is -0.475. The molecule has 0 aromatic carbocycles. The molecule has 1 aliphatic heterocycles. The summed E-state index contributed by atoms with van der Waals surface area (Å²) in [6.45, 7) is 8.26. The maximum atomic E-state index is 12.8. The number of rotatable bonds is 4. The largest absolute Gasteiger partial charge is 0.496 e. The molecule has 0 radical (unpaired) electrons. The van der Waals surface area contributed by atoms with Gasteiger partial charge in [-0.2, -0.15) is 0 Å². The Morgan fingerprint density at radius 3 is 2.33 bits per heavy atom. The minimum atomic E-state index is -2.52. The number of pyridine rings is 1. The standard InChI is InChI=1S/C16H21BF2INO3/c1-14(2)15(3,4)24-17(23-14)11-5-12(20)13(21-8-11)22-9-10-6-16(18,19)7-10/h5,8,10H,6-7,9H2,1-4H3. The molecule has 1 aliphatic carbocycles. The summed E-state index contributed by atoms with van der Waals surface area (Å²) in [4.78, 5) is 4.31. The molecular formula is C16H21BF2INO3. The Kier molecular flexibility index (Phi) is 4.62. The van der Waals surface area contributed by atoms with E-state index in [-0.39, 0.29) is 25.4 Å². The molecule has 0 amide bonds. The highest BCUT2D eigenvalue weighted by Crippen LogP contribution is 2.42. The van der Waals surface area contributed by atoms with E-state index in [1.807, 2.05) is 33.8 Å². The smallest absolute Gasteiger partial charge is 0.477 e. The average molecular weight is 451 g/mol. The van der Waals surface area contributed by atoms with E-state index in [2.05, 4.69) is 27.6 Å². The maximum absolute atomic E-state index is 12.8. The van der Waals surface area contributed by atoms with Gasteiger partial charge in [-0.1, -0.05) is 0 Å². The first-order chi connectivity index (χ1) is 11.0. The van der Waals surface area contributed by atoms with E-state index in [0.29, 0.717) is 5.88 Å². The van der Waals surface area contributed by atoms with Gasteiger partial charge in [0.2, 0.25) is 11.8 Å². The van der Waals surface area contributed by atoms with Crippen LogP contribution in [0.5, 0.6) is 5.88 Å². The van der Waals surface area contributed by atoms with Crippen LogP contribution in [0.25, 0.3) is 0 Å². The van der Waals surface area contributed by atoms with Gasteiger partial charge in [-0.3, -0.25) is 0 Å². The fourth-order valence-electron chi connectivity index (χ4n) is 2.75. The molecule has 0 N–H and O–H groups in total. The monoisotopic (exact) mass is 451 g/mol. The van der Waals surface area contributed by atoms with Crippen molar-refractivity contribution in [2.24, 2.45) is 5.92 Å². The molecule has 132 valence electrons. The van der Waals surface area contributed by atoms with Crippen molar-refractivity contribution in [3.63, 3.8) is 0 Å². The molecule has 3 rings (SSSR count). The molecule has 1 aromatic heterocycles. The van der Waals surface area contributed by atoms with Crippen molar-refractivity contribution in [1.29, 1.82) is 0 Å². The third-order valence-corrected chi connectivity index (χ3v) is 5.76. The van der Waals surface area contributed by atoms with Crippen LogP contribution in [0.4, 0.5) is 8.78 Å². The third-order valence-electron chi connectivity index (χ3n) is 4.98. The lowest BCUT2D eigenvalue weighted by atomic mass is 9.80. The molecule has 8 heteroatoms. The molecular weight excluding hydrogens is 430 g/mol. The van der Waals surface area contributed by atoms with E-state index < -0.39 is 24.2 Å². The van der Waals surface area contributed by atoms with Crippen LogP contribution >= 0.6 is 22.6 Å². The van der Waals surface area contributed by atoms with Crippen molar-refractivity contribution in [2.75, 3.05) is 6.61 Å². The lowest BCUT2D eigenvalue weighted by Gasteiger charge is -2.34. The second-order valence-electron chi connectivity index (χ2n) is 7.59. The topological polar surface area (TPSA) is 40.6 Å². The van der Waals surface area contributed by atoms with Crippen molar-refractivity contribution in [3.05, 3.63) is 15.8 Å². The van der Waals surface area contributed by atoms with Gasteiger partial charge in [-0.15, -0.1) is 0 Å². The van der Waals surface area contributed by atoms with Crippen LogP contribution in [0.1, 0.15) is 40.5 Å². The van der Waals surface area contributed by atoms with E-state index in [1.54, 1.807) is 6.20 Å². The molecule has 0 atom stereocenters. The van der Waals surface area contributed by atoms with E-state index in [9.17, 15) is 8.78 Å². The molecule has 1 saturated heterocycles. The van der Waals surface area contributed by atoms with Crippen LogP contribution in [0, 0.1) is 9.49 Å². The zero-order valence-corrected chi connectivity index (χ0v) is 16.4. The Morgan fingerprint density at radius 1 is 1.25 bits per heavy atom. The zero-order chi connectivity index (χ0) is 17.8. The second-order valence-corrected chi connectivity index (χ2v) is 8.75. The van der Waals surface area contributed by atoms with Gasteiger partial charge in [0, 0.05) is 30.4 Å². The van der Waals surface area contributed by atoms with Gasteiger partial charge in [0.05, 0.1) is 21.4 Å². The average Bonchev–Trinajstić information content (AvgIpc) is 2.63. The van der Waals surface area contributed by atoms with Gasteiger partial charge in [-0.05, 0) is 56.4 Å². The summed E-state index contributed by atoms with van der Waals surface area (Å²) in [7, 11) is -0.476. The summed E-state index contributed by atoms with van der Waals surface area (Å²) in [6, 6.07) is 1.90. The summed E-state index contributed by atoms with van der Waals surface area (Å²) in [5.74, 6) is -2.15. The number of hydrogen-bond donors (Lipinski definition) is 0. The van der Waals surface area contributed by atoms with Crippen LogP contribution < -0.4 is 10.2 Å². The van der Waals surface area contributed by atoms with Crippen molar-refractivity contribution in [1.82, 2.24) is 4.98 Å². The minimum Gasteiger partial charge on any atom is -0.477 e. The van der Waals surface area contributed by atoms with Gasteiger partial charge in [0.1, 0.15) is 0 Å². The van der Waals surface area contributed by atoms with E-state index in [1.165, 1.54) is 0 Å². The Balaban J connectivity index is 1.63. The highest BCUT2D eigenvalue weighted by atomic mass is 127. The predicted octanol–water partition coefficient (Wildman–Crippen LogP) is 3.41. The highest BCUT2D eigenvalue weighted by molar-refractivity contribution is 14.1. The Morgan fingerprint density at radius 2 is 1.83 bits per heavy atom. The summed E-state index contributed by atoms with van der Waals surface area (Å²) >= 11 is 2.13. The van der Waals surface area contributed by atoms with Gasteiger partial charge < -0.3 is 14.0 Å². The SMILES string of the molecule is CC1(C)OB(c2cnc(OCC3CC(F)(F)C3)c(I)c2)OC1(C)C. The first-order valence-electron chi connectivity index (χ1n) is 8.01. The fourth-order valence-corrected chi connectivity index (χ4v) is 3.41. The first-order valence-corrected chi connectivity index (χ1v) is 9.09. The molecule has 24 heavy (non-hydrogen) atoms. The van der Waals surface area contributed by atoms with E-state index in [4.69, 9.17) is 14.0 Å². The maximum Gasteiger partial charge on any atom is 0.496 e. The van der Waals surface area contributed by atoms with Gasteiger partial charge in [-0.25, -0.2) is 13.8 Å². The van der Waals surface area contributed by atoms with Gasteiger partial charge >= 0.3 is 7.12 Å². The lowest BCUT2D eigenvalue weighted by molar-refractivity contribution is -0.119. The van der Waals surface area contributed by atoms with Crippen molar-refractivity contribution >= 4 is 35.2 Å². The Bertz CT molecular complexity index is 618. The molecule has 2 fully saturated rings. The number of alkyl halides is 2. The minimum absolute atomic E-state index is 0.0969. The van der Waals surface area contributed by atoms with Crippen LogP contribution in [-0.4, -0.2) is 35.8 Å². The quantitative estimate of drug-likeness (QED) is 0.520. The van der Waals surface area contributed by atoms with Crippen molar-refractivity contribution < 1.29 is 22.8 Å². The first kappa shape index (κ1) is 18.3. The van der Waals surface area contributed by atoms with E-state index >= 15 is 0 Å². The van der Waals surface area contributed by atoms with E-state index in [0.717, 1.165) is 9.03 Å². The molecule has 0 unspecified atom stereocenters. The predicted molar refractivity (Wildman–Crippen MR) is 95.8 cm³/mol. The normalized spacial score (nSPS) is 24.7. The Labute approximate surface area is 154 Å². The number of halogens is 3. The van der Waals surface area contributed by atoms with Crippen LogP contribution in [-0.2, 0) is 9.31 Å². The number of ether oxygens (including phenoxy) is 1. The molecule has 4 nitrogen and oxygen atoms in total. The second kappa shape index (κ2) is 6.05. The summed E-state index contributed by atoms with van der Waals surface area (Å²) in [6.07, 6.45) is 1.46. The number of hydrogen-bond acceptors (Lipinski definition) is 4. The molecule has 1 saturated carbocycles. The molecule has 2 aliphatic rings. The van der Waals surface area contributed by atoms with Crippen LogP contribution in [0.15, 0.2) is 12.3 Å². The molecule has 2 heterocycles. The fraction of sp³-hybridized carbons (Fsp3) is 0.688. The number of aromatic nitrogens is 1. The van der Waals surface area contributed by atoms with Gasteiger partial charge in [0.15, 0.2) is 0 Å². The summed E-state index contributed by atoms with van der Waals surface area (Å²) in [5.41, 5.74) is 0.00198. The van der Waals surface area contributed by atoms with Crippen LogP contribution in [0.2, 0.25) is 0 Å². The van der Waals surface area contributed by atoms with Crippen LogP contribution in [0.3, 0.4) is 0 Å². The molecule has 0 bridgehead atoms. The molecule has 0 spiro atoms. The third kappa shape index (κ3) is 3.55. The van der Waals surface area contributed by atoms with Crippen molar-refractivity contribution in [3.8, 4) is 5.88 Å². The summed E-state index contributed by atoms with van der Waals surface area (Å²) in [5, 5.41) is 0. The molecule has 1 aromatic rings. The highest BCUT2D eigenvalue weighted by Gasteiger charge is 2.52. The van der Waals surface area contributed by atoms with Gasteiger partial charge in [0.25, 0.3) is 0 Å². The summed E-state index contributed by atoms with van der Waals surface area (Å²) < 4.78 is 44.1. The zero-order valence-electron chi connectivity index (χ0n) is 14.2. The van der Waals surface area contributed by atoms with Crippen molar-refractivity contribution in [2.45, 2.75) is 57.7 Å².